The summed E-state index contributed by atoms with van der Waals surface area (Å²) in [5.41, 5.74) is 5.73. The van der Waals surface area contributed by atoms with Gasteiger partial charge >= 0.3 is 18.0 Å². The van der Waals surface area contributed by atoms with E-state index in [4.69, 9.17) is 10.5 Å². The molecule has 48 heavy (non-hydrogen) atoms. The third kappa shape index (κ3) is 7.37. The van der Waals surface area contributed by atoms with Crippen molar-refractivity contribution < 1.29 is 27.5 Å². The summed E-state index contributed by atoms with van der Waals surface area (Å²) in [7, 11) is 2.10. The molecule has 2 aromatic carbocycles. The molecule has 3 saturated heterocycles. The number of alkyl halides is 3. The maximum Gasteiger partial charge on any atom is 0.418 e. The highest BCUT2D eigenvalue weighted by atomic mass is 79.9. The monoisotopic (exact) mass is 735 g/mol. The van der Waals surface area contributed by atoms with Gasteiger partial charge < -0.3 is 30.2 Å². The van der Waals surface area contributed by atoms with Gasteiger partial charge in [0.15, 0.2) is 6.10 Å². The van der Waals surface area contributed by atoms with E-state index in [1.807, 2.05) is 24.3 Å². The SMILES string of the molecule is CN1CCN(C2CCN(C(=O)[C@@H](Cc3cc(Br)c(N)c(C(F)(F)F)c3)OC(=O)N3CCC(n4c(=O)[nH]c5ccccc54)CC3)CC2)CC1. The first kappa shape index (κ1) is 34.3. The summed E-state index contributed by atoms with van der Waals surface area (Å²) in [6.07, 6.45) is -4.47. The zero-order valence-electron chi connectivity index (χ0n) is 26.8. The minimum Gasteiger partial charge on any atom is -0.436 e. The Kier molecular flexibility index (Phi) is 10.1. The molecule has 1 aromatic heterocycles. The molecule has 0 saturated carbocycles. The molecule has 1 atom stereocenters. The number of piperidine rings is 2. The Labute approximate surface area is 284 Å². The van der Waals surface area contributed by atoms with Crippen LogP contribution in [0.3, 0.4) is 0 Å². The highest BCUT2D eigenvalue weighted by molar-refractivity contribution is 9.10. The number of rotatable bonds is 6. The van der Waals surface area contributed by atoms with Crippen LogP contribution in [0, 0.1) is 0 Å². The number of nitrogens with two attached hydrogens (primary N) is 1. The lowest BCUT2D eigenvalue weighted by molar-refractivity contribution is -0.142. The molecule has 260 valence electrons. The highest BCUT2D eigenvalue weighted by Gasteiger charge is 2.37. The fourth-order valence-electron chi connectivity index (χ4n) is 7.20. The van der Waals surface area contributed by atoms with Gasteiger partial charge in [0.1, 0.15) is 0 Å². The quantitative estimate of drug-likeness (QED) is 0.362. The van der Waals surface area contributed by atoms with Crippen LogP contribution in [0.15, 0.2) is 45.7 Å². The summed E-state index contributed by atoms with van der Waals surface area (Å²) in [6, 6.07) is 9.98. The molecule has 0 spiro atoms. The number of likely N-dealkylation sites (tertiary alicyclic amines) is 2. The predicted octanol–water partition coefficient (Wildman–Crippen LogP) is 4.32. The largest absolute Gasteiger partial charge is 0.436 e. The van der Waals surface area contributed by atoms with Crippen molar-refractivity contribution in [2.45, 2.75) is 56.5 Å². The molecule has 3 aliphatic heterocycles. The first-order valence-electron chi connectivity index (χ1n) is 16.4. The van der Waals surface area contributed by atoms with Gasteiger partial charge in [0, 0.05) is 75.3 Å². The number of piperazine rings is 1. The van der Waals surface area contributed by atoms with Gasteiger partial charge in [-0.15, -0.1) is 0 Å². The van der Waals surface area contributed by atoms with Crippen molar-refractivity contribution in [2.24, 2.45) is 0 Å². The van der Waals surface area contributed by atoms with E-state index >= 15 is 0 Å². The molecule has 11 nitrogen and oxygen atoms in total. The van der Waals surface area contributed by atoms with Crippen molar-refractivity contribution in [2.75, 3.05) is 65.1 Å². The number of aromatic nitrogens is 2. The second-order valence-corrected chi connectivity index (χ2v) is 13.9. The second-order valence-electron chi connectivity index (χ2n) is 13.0. The Morgan fingerprint density at radius 1 is 0.958 bits per heavy atom. The van der Waals surface area contributed by atoms with Crippen LogP contribution < -0.4 is 11.4 Å². The van der Waals surface area contributed by atoms with Gasteiger partial charge in [-0.1, -0.05) is 12.1 Å². The molecule has 3 aliphatic rings. The van der Waals surface area contributed by atoms with E-state index in [1.165, 1.54) is 11.0 Å². The van der Waals surface area contributed by atoms with E-state index in [0.717, 1.165) is 56.1 Å². The van der Waals surface area contributed by atoms with Crippen molar-refractivity contribution >= 4 is 44.7 Å². The number of nitrogens with one attached hydrogen (secondary N) is 1. The summed E-state index contributed by atoms with van der Waals surface area (Å²) >= 11 is 3.13. The van der Waals surface area contributed by atoms with Gasteiger partial charge in [-0.25, -0.2) is 9.59 Å². The number of para-hydroxylation sites is 2. The Balaban J connectivity index is 1.16. The summed E-state index contributed by atoms with van der Waals surface area (Å²) in [4.78, 5) is 51.0. The minimum absolute atomic E-state index is 0.0486. The summed E-state index contributed by atoms with van der Waals surface area (Å²) in [6.45, 7) is 5.43. The number of halogens is 4. The van der Waals surface area contributed by atoms with Gasteiger partial charge in [0.25, 0.3) is 5.91 Å². The van der Waals surface area contributed by atoms with Crippen molar-refractivity contribution in [1.82, 2.24) is 29.2 Å². The average molecular weight is 737 g/mol. The Morgan fingerprint density at radius 2 is 1.58 bits per heavy atom. The number of hydrogen-bond acceptors (Lipinski definition) is 7. The van der Waals surface area contributed by atoms with Gasteiger partial charge in [-0.05, 0) is 78.5 Å². The molecule has 15 heteroatoms. The first-order valence-corrected chi connectivity index (χ1v) is 17.2. The zero-order valence-corrected chi connectivity index (χ0v) is 28.4. The molecule has 4 heterocycles. The van der Waals surface area contributed by atoms with Crippen LogP contribution in [0.25, 0.3) is 11.0 Å². The lowest BCUT2D eigenvalue weighted by Gasteiger charge is -2.42. The number of likely N-dealkylation sites (N-methyl/N-ethyl adjacent to an activating group) is 1. The van der Waals surface area contributed by atoms with Crippen molar-refractivity contribution in [1.29, 1.82) is 0 Å². The van der Waals surface area contributed by atoms with Gasteiger partial charge in [-0.2, -0.15) is 13.2 Å². The lowest BCUT2D eigenvalue weighted by Crippen LogP contribution is -2.54. The fraction of sp³-hybridized carbons (Fsp3) is 0.545. The number of carbonyl (C=O) groups is 2. The van der Waals surface area contributed by atoms with Gasteiger partial charge in [0.2, 0.25) is 0 Å². The molecule has 0 aliphatic carbocycles. The molecule has 6 rings (SSSR count). The Morgan fingerprint density at radius 3 is 2.25 bits per heavy atom. The third-order valence-electron chi connectivity index (χ3n) is 9.98. The number of aromatic amines is 1. The number of carbonyl (C=O) groups excluding carboxylic acids is 2. The zero-order chi connectivity index (χ0) is 34.2. The molecule has 3 aromatic rings. The molecule has 3 fully saturated rings. The van der Waals surface area contributed by atoms with Gasteiger partial charge in [0.05, 0.1) is 22.3 Å². The summed E-state index contributed by atoms with van der Waals surface area (Å²) in [5.74, 6) is -0.429. The van der Waals surface area contributed by atoms with Gasteiger partial charge in [-0.3, -0.25) is 14.3 Å². The normalized spacial score (nSPS) is 19.9. The predicted molar refractivity (Wildman–Crippen MR) is 179 cm³/mol. The standard InChI is InChI=1S/C33H41BrF3N7O4/c1-40-14-16-41(17-15-40)22-6-10-42(11-7-22)30(45)28(20-21-18-24(33(35,36)37)29(38)25(34)19-21)48-32(47)43-12-8-23(9-13-43)44-27-5-3-2-4-26(27)39-31(44)46/h2-5,18-19,22-23,28H,6-17,20,38H2,1H3,(H,39,46)/t28-/m1/s1. The fourth-order valence-corrected chi connectivity index (χ4v) is 7.71. The molecule has 0 unspecified atom stereocenters. The molecule has 3 N–H and O–H groups in total. The number of amides is 2. The maximum absolute atomic E-state index is 14.0. The highest BCUT2D eigenvalue weighted by Crippen LogP contribution is 2.38. The van der Waals surface area contributed by atoms with Crippen LogP contribution in [-0.4, -0.2) is 113 Å². The van der Waals surface area contributed by atoms with E-state index in [9.17, 15) is 27.6 Å². The van der Waals surface area contributed by atoms with Crippen LogP contribution in [0.1, 0.15) is 42.9 Å². The maximum atomic E-state index is 14.0. The Hall–Kier alpha value is -3.56. The average Bonchev–Trinajstić information content (AvgIpc) is 3.41. The smallest absolute Gasteiger partial charge is 0.418 e. The summed E-state index contributed by atoms with van der Waals surface area (Å²) in [5, 5.41) is 0. The number of ether oxygens (including phenoxy) is 1. The van der Waals surface area contributed by atoms with Crippen LogP contribution in [0.2, 0.25) is 0 Å². The lowest BCUT2D eigenvalue weighted by atomic mass is 9.99. The van der Waals surface area contributed by atoms with E-state index in [2.05, 4.69) is 37.8 Å². The number of H-pyrrole nitrogens is 1. The first-order chi connectivity index (χ1) is 22.9. The molecule has 2 amide bonds. The van der Waals surface area contributed by atoms with Crippen LogP contribution in [0.5, 0.6) is 0 Å². The number of nitrogens with zero attached hydrogens (tertiary/aromatic N) is 5. The van der Waals surface area contributed by atoms with Crippen LogP contribution in [-0.2, 0) is 22.1 Å². The van der Waals surface area contributed by atoms with Crippen LogP contribution >= 0.6 is 15.9 Å². The van der Waals surface area contributed by atoms with Crippen molar-refractivity contribution in [3.05, 3.63) is 62.5 Å². The number of nitrogen functional groups attached to an aromatic ring is 1. The second kappa shape index (κ2) is 14.1. The minimum atomic E-state index is -4.71. The third-order valence-corrected chi connectivity index (χ3v) is 10.6. The van der Waals surface area contributed by atoms with E-state index in [0.29, 0.717) is 45.1 Å². The number of anilines is 1. The van der Waals surface area contributed by atoms with E-state index in [1.54, 1.807) is 9.47 Å². The molecule has 0 radical (unpaired) electrons. The molecular formula is C33H41BrF3N7O4. The van der Waals surface area contributed by atoms with Crippen LogP contribution in [0.4, 0.5) is 23.7 Å². The van der Waals surface area contributed by atoms with E-state index in [-0.39, 0.29) is 28.2 Å². The number of hydrogen-bond donors (Lipinski definition) is 2. The number of imidazole rings is 1. The Bertz CT molecular complexity index is 1690. The molecular weight excluding hydrogens is 695 g/mol. The number of benzene rings is 2. The van der Waals surface area contributed by atoms with Crippen molar-refractivity contribution in [3.63, 3.8) is 0 Å². The topological polar surface area (TPSA) is 120 Å². The number of fused-ring (bicyclic) bond motifs is 1. The summed E-state index contributed by atoms with van der Waals surface area (Å²) < 4.78 is 49.0. The van der Waals surface area contributed by atoms with E-state index < -0.39 is 35.5 Å². The molecule has 0 bridgehead atoms. The van der Waals surface area contributed by atoms with Crippen molar-refractivity contribution in [3.8, 4) is 0 Å².